The molecule has 0 aromatic rings. The zero-order chi connectivity index (χ0) is 53.5. The Balaban J connectivity index is 4.04. The van der Waals surface area contributed by atoms with Crippen molar-refractivity contribution in [2.45, 2.75) is 335 Å². The molecule has 0 saturated carbocycles. The van der Waals surface area contributed by atoms with E-state index in [1.165, 1.54) is 263 Å². The van der Waals surface area contributed by atoms with Gasteiger partial charge in [0.1, 0.15) is 19.8 Å². The summed E-state index contributed by atoms with van der Waals surface area (Å²) in [6, 6.07) is 0. The molecule has 0 amide bonds. The first-order valence-electron chi connectivity index (χ1n) is 31.9. The largest absolute Gasteiger partial charge is 0.472 e. The van der Waals surface area contributed by atoms with Crippen molar-refractivity contribution in [1.82, 2.24) is 0 Å². The molecule has 0 aliphatic rings. The summed E-state index contributed by atoms with van der Waals surface area (Å²) in [5.74, 6) is -0.778. The number of hydrogen-bond acceptors (Lipinski definition) is 7. The number of rotatable bonds is 60. The fourth-order valence-corrected chi connectivity index (χ4v) is 10.3. The first-order chi connectivity index (χ1) is 35.5. The average Bonchev–Trinajstić information content (AvgIpc) is 3.35. The van der Waals surface area contributed by atoms with Crippen molar-refractivity contribution in [2.24, 2.45) is 0 Å². The number of carbonyl (C=O) groups is 2. The molecule has 0 spiro atoms. The van der Waals surface area contributed by atoms with E-state index in [1.54, 1.807) is 0 Å². The van der Waals surface area contributed by atoms with Crippen LogP contribution in [0.25, 0.3) is 0 Å². The van der Waals surface area contributed by atoms with E-state index in [-0.39, 0.29) is 25.6 Å². The minimum atomic E-state index is -4.38. The molecule has 0 aromatic heterocycles. The van der Waals surface area contributed by atoms with Crippen molar-refractivity contribution in [3.8, 4) is 0 Å². The van der Waals surface area contributed by atoms with Gasteiger partial charge in [-0.15, -0.1) is 0 Å². The second kappa shape index (κ2) is 55.5. The van der Waals surface area contributed by atoms with Crippen LogP contribution in [0.5, 0.6) is 0 Å². The Hall–Kier alpha value is -1.25. The van der Waals surface area contributed by atoms with Gasteiger partial charge in [0.25, 0.3) is 0 Å². The lowest BCUT2D eigenvalue weighted by Gasteiger charge is -2.24. The Morgan fingerprint density at radius 3 is 1.01 bits per heavy atom. The van der Waals surface area contributed by atoms with Crippen molar-refractivity contribution in [3.05, 3.63) is 12.2 Å². The molecule has 73 heavy (non-hydrogen) atoms. The Labute approximate surface area is 454 Å². The molecule has 10 heteroatoms. The molecule has 9 nitrogen and oxygen atoms in total. The van der Waals surface area contributed by atoms with Gasteiger partial charge >= 0.3 is 19.8 Å². The fourth-order valence-electron chi connectivity index (χ4n) is 9.60. The van der Waals surface area contributed by atoms with Gasteiger partial charge in [0.15, 0.2) is 6.10 Å². The third-order valence-corrected chi connectivity index (χ3v) is 15.5. The molecule has 0 bridgehead atoms. The van der Waals surface area contributed by atoms with Gasteiger partial charge in [0.05, 0.1) is 27.7 Å². The normalized spacial score (nSPS) is 13.2. The number of phosphoric ester groups is 1. The summed E-state index contributed by atoms with van der Waals surface area (Å²) in [4.78, 5) is 35.8. The van der Waals surface area contributed by atoms with Crippen LogP contribution < -0.4 is 0 Å². The van der Waals surface area contributed by atoms with Crippen molar-refractivity contribution < 1.29 is 42.1 Å². The van der Waals surface area contributed by atoms with Crippen molar-refractivity contribution in [3.63, 3.8) is 0 Å². The number of esters is 2. The molecule has 0 aromatic carbocycles. The van der Waals surface area contributed by atoms with E-state index < -0.39 is 26.5 Å². The zero-order valence-corrected chi connectivity index (χ0v) is 50.3. The maximum Gasteiger partial charge on any atom is 0.472 e. The molecule has 434 valence electrons. The number of hydrogen-bond donors (Lipinski definition) is 1. The van der Waals surface area contributed by atoms with Gasteiger partial charge in [0.2, 0.25) is 0 Å². The van der Waals surface area contributed by atoms with Gasteiger partial charge in [-0.25, -0.2) is 4.57 Å². The smallest absolute Gasteiger partial charge is 0.462 e. The first-order valence-corrected chi connectivity index (χ1v) is 33.4. The van der Waals surface area contributed by atoms with Crippen LogP contribution in [0.4, 0.5) is 0 Å². The Morgan fingerprint density at radius 1 is 0.411 bits per heavy atom. The lowest BCUT2D eigenvalue weighted by atomic mass is 10.0. The van der Waals surface area contributed by atoms with Crippen molar-refractivity contribution >= 4 is 19.8 Å². The molecular weight excluding hydrogens is 930 g/mol. The number of phosphoric acid groups is 1. The summed E-state index contributed by atoms with van der Waals surface area (Å²) >= 11 is 0. The molecule has 0 rings (SSSR count). The molecule has 0 radical (unpaired) electrons. The predicted octanol–water partition coefficient (Wildman–Crippen LogP) is 20.0. The minimum absolute atomic E-state index is 0.0352. The summed E-state index contributed by atoms with van der Waals surface area (Å²) in [7, 11) is 1.50. The Bertz CT molecular complexity index is 1240. The summed E-state index contributed by atoms with van der Waals surface area (Å²) in [5, 5.41) is 0. The average molecular weight is 1060 g/mol. The van der Waals surface area contributed by atoms with Crippen molar-refractivity contribution in [2.75, 3.05) is 47.5 Å². The van der Waals surface area contributed by atoms with Crippen LogP contribution in [0.1, 0.15) is 328 Å². The van der Waals surface area contributed by atoms with Crippen LogP contribution >= 0.6 is 7.82 Å². The van der Waals surface area contributed by atoms with Gasteiger partial charge < -0.3 is 18.9 Å². The molecule has 0 heterocycles. The van der Waals surface area contributed by atoms with Crippen LogP contribution in [0.3, 0.4) is 0 Å². The number of carbonyl (C=O) groups excluding carboxylic acids is 2. The summed E-state index contributed by atoms with van der Waals surface area (Å²) in [5.41, 5.74) is 0. The number of unbranched alkanes of at least 4 members (excludes halogenated alkanes) is 44. The number of ether oxygens (including phenoxy) is 2. The maximum atomic E-state index is 12.8. The highest BCUT2D eigenvalue weighted by Gasteiger charge is 2.27. The lowest BCUT2D eigenvalue weighted by molar-refractivity contribution is -0.870. The van der Waals surface area contributed by atoms with Crippen molar-refractivity contribution in [1.29, 1.82) is 0 Å². The topological polar surface area (TPSA) is 108 Å². The third-order valence-electron chi connectivity index (χ3n) is 14.5. The summed E-state index contributed by atoms with van der Waals surface area (Å²) in [6.45, 7) is 4.50. The van der Waals surface area contributed by atoms with Gasteiger partial charge in [-0.05, 0) is 38.5 Å². The van der Waals surface area contributed by atoms with Gasteiger partial charge in [-0.1, -0.05) is 289 Å². The highest BCUT2D eigenvalue weighted by atomic mass is 31.2. The monoisotopic (exact) mass is 1050 g/mol. The molecular formula is C63H125NO8P+. The Morgan fingerprint density at radius 2 is 0.699 bits per heavy atom. The second-order valence-corrected chi connectivity index (χ2v) is 24.6. The molecule has 0 aliphatic heterocycles. The van der Waals surface area contributed by atoms with E-state index in [4.69, 9.17) is 18.5 Å². The van der Waals surface area contributed by atoms with E-state index in [1.807, 2.05) is 21.1 Å². The van der Waals surface area contributed by atoms with Crippen LogP contribution in [-0.4, -0.2) is 74.9 Å². The minimum Gasteiger partial charge on any atom is -0.462 e. The molecule has 0 saturated heterocycles. The number of quaternary nitrogens is 1. The van der Waals surface area contributed by atoms with Gasteiger partial charge in [-0.3, -0.25) is 18.6 Å². The highest BCUT2D eigenvalue weighted by Crippen LogP contribution is 2.43. The highest BCUT2D eigenvalue weighted by molar-refractivity contribution is 7.47. The standard InChI is InChI=1S/C63H124NO8P/c1-6-8-10-12-14-16-18-20-22-24-26-28-29-30-31-32-33-34-36-37-39-41-43-45-47-49-51-53-55-62(65)69-59-61(60-71-73(67,68)70-58-57-64(3,4)5)72-63(66)56-54-52-50-48-46-44-42-40-38-35-27-25-23-21-19-17-15-13-11-9-7-2/h25,27,61H,6-24,26,28-60H2,1-5H3/p+1/b27-25-. The second-order valence-electron chi connectivity index (χ2n) is 23.2. The van der Waals surface area contributed by atoms with Crippen LogP contribution in [0.2, 0.25) is 0 Å². The van der Waals surface area contributed by atoms with Gasteiger partial charge in [-0.2, -0.15) is 0 Å². The molecule has 2 atom stereocenters. The third kappa shape index (κ3) is 59.8. The number of likely N-dealkylation sites (N-methyl/N-ethyl adjacent to an activating group) is 1. The van der Waals surface area contributed by atoms with E-state index in [9.17, 15) is 19.0 Å². The van der Waals surface area contributed by atoms with E-state index >= 15 is 0 Å². The SMILES string of the molecule is CCCCCCCCCC/C=C\CCCCCCCCCCCC(=O)OC(COC(=O)CCCCCCCCCCCCCCCCCCCCCCCCCCCCCC)COP(=O)(O)OCC[N+](C)(C)C. The van der Waals surface area contributed by atoms with Crippen LogP contribution in [0.15, 0.2) is 12.2 Å². The quantitative estimate of drug-likeness (QED) is 0.0211. The Kier molecular flexibility index (Phi) is 54.6. The maximum absolute atomic E-state index is 12.8. The summed E-state index contributed by atoms with van der Waals surface area (Å²) < 4.78 is 34.6. The first kappa shape index (κ1) is 71.8. The zero-order valence-electron chi connectivity index (χ0n) is 49.4. The van der Waals surface area contributed by atoms with Crippen LogP contribution in [0, 0.1) is 0 Å². The molecule has 0 aliphatic carbocycles. The predicted molar refractivity (Wildman–Crippen MR) is 312 cm³/mol. The molecule has 1 N–H and O–H groups in total. The van der Waals surface area contributed by atoms with E-state index in [2.05, 4.69) is 26.0 Å². The van der Waals surface area contributed by atoms with E-state index in [0.717, 1.165) is 32.1 Å². The molecule has 2 unspecified atom stereocenters. The summed E-state index contributed by atoms with van der Waals surface area (Å²) in [6.07, 6.45) is 65.8. The lowest BCUT2D eigenvalue weighted by Crippen LogP contribution is -2.37. The van der Waals surface area contributed by atoms with Crippen LogP contribution in [-0.2, 0) is 32.7 Å². The van der Waals surface area contributed by atoms with Gasteiger partial charge in [0, 0.05) is 12.8 Å². The fraction of sp³-hybridized carbons (Fsp3) is 0.937. The number of nitrogens with zero attached hydrogens (tertiary/aromatic N) is 1. The number of allylic oxidation sites excluding steroid dienone is 2. The molecule has 0 fully saturated rings. The van der Waals surface area contributed by atoms with E-state index in [0.29, 0.717) is 23.9 Å².